The van der Waals surface area contributed by atoms with Crippen LogP contribution in [0.1, 0.15) is 21.5 Å². The zero-order valence-corrected chi connectivity index (χ0v) is 15.8. The van der Waals surface area contributed by atoms with Gasteiger partial charge in [-0.2, -0.15) is 4.36 Å². The van der Waals surface area contributed by atoms with E-state index >= 15 is 0 Å². The van der Waals surface area contributed by atoms with Gasteiger partial charge in [0, 0.05) is 22.9 Å². The third-order valence-corrected chi connectivity index (χ3v) is 5.45. The summed E-state index contributed by atoms with van der Waals surface area (Å²) in [7, 11) is -2.89. The minimum Gasteiger partial charge on any atom is -0.508 e. The van der Waals surface area contributed by atoms with Gasteiger partial charge in [0.25, 0.3) is 5.91 Å². The molecule has 3 aromatic rings. The maximum Gasteiger partial charge on any atom is 0.286 e. The molecule has 2 aromatic carbocycles. The molecule has 0 aliphatic carbocycles. The molecule has 0 saturated carbocycles. The van der Waals surface area contributed by atoms with Crippen molar-refractivity contribution in [2.75, 3.05) is 12.0 Å². The Morgan fingerprint density at radius 3 is 2.57 bits per heavy atom. The number of rotatable bonds is 2. The number of aromatic hydroxyl groups is 1. The number of phenols is 1. The smallest absolute Gasteiger partial charge is 0.286 e. The molecule has 1 heterocycles. The summed E-state index contributed by atoms with van der Waals surface area (Å²) in [6.07, 6.45) is 2.69. The molecular weight excluding hydrogens is 374 g/mol. The number of carbonyl (C=O) groups excluding carboxylic acids is 1. The Kier molecular flexibility index (Phi) is 5.43. The van der Waals surface area contributed by atoms with Gasteiger partial charge < -0.3 is 10.8 Å². The van der Waals surface area contributed by atoms with Crippen LogP contribution in [0.15, 0.2) is 76.1 Å². The number of nitrogens with two attached hydrogens (primary N) is 1. The van der Waals surface area contributed by atoms with Crippen LogP contribution in [0.3, 0.4) is 0 Å². The van der Waals surface area contributed by atoms with Gasteiger partial charge in [0.1, 0.15) is 11.6 Å². The quantitative estimate of drug-likeness (QED) is 0.653. The molecule has 3 rings (SSSR count). The van der Waals surface area contributed by atoms with Gasteiger partial charge in [-0.15, -0.1) is 0 Å². The lowest BCUT2D eigenvalue weighted by Crippen LogP contribution is -2.05. The van der Waals surface area contributed by atoms with Crippen LogP contribution in [0.4, 0.5) is 5.82 Å². The molecule has 1 amide bonds. The second-order valence-electron chi connectivity index (χ2n) is 5.97. The van der Waals surface area contributed by atoms with Crippen LogP contribution >= 0.6 is 0 Å². The van der Waals surface area contributed by atoms with Gasteiger partial charge in [0.2, 0.25) is 0 Å². The molecule has 0 radical (unpaired) electrons. The molecule has 0 bridgehead atoms. The summed E-state index contributed by atoms with van der Waals surface area (Å²) < 4.78 is 16.7. The first-order valence-electron chi connectivity index (χ1n) is 8.23. The lowest BCUT2D eigenvalue weighted by atomic mass is 10.1. The Bertz CT molecular complexity index is 1220. The van der Waals surface area contributed by atoms with Crippen LogP contribution in [-0.4, -0.2) is 26.5 Å². The van der Waals surface area contributed by atoms with Gasteiger partial charge in [-0.1, -0.05) is 36.1 Å². The van der Waals surface area contributed by atoms with Crippen LogP contribution in [0.2, 0.25) is 0 Å². The predicted molar refractivity (Wildman–Crippen MR) is 108 cm³/mol. The first-order valence-corrected chi connectivity index (χ1v) is 10.2. The van der Waals surface area contributed by atoms with E-state index in [-0.39, 0.29) is 17.1 Å². The molecule has 0 spiro atoms. The number of phenolic OH excluding ortho intramolecular Hbond substituents is 1. The summed E-state index contributed by atoms with van der Waals surface area (Å²) in [6.45, 7) is 0. The zero-order valence-electron chi connectivity index (χ0n) is 15.0. The number of anilines is 1. The van der Waals surface area contributed by atoms with E-state index in [4.69, 9.17) is 5.73 Å². The number of carbonyl (C=O) groups is 1. The van der Waals surface area contributed by atoms with Gasteiger partial charge >= 0.3 is 0 Å². The van der Waals surface area contributed by atoms with E-state index in [9.17, 15) is 14.1 Å². The van der Waals surface area contributed by atoms with E-state index < -0.39 is 15.6 Å². The van der Waals surface area contributed by atoms with Gasteiger partial charge in [0.05, 0.1) is 20.9 Å². The molecular formula is C21H17N3O3S. The second-order valence-corrected chi connectivity index (χ2v) is 8.23. The van der Waals surface area contributed by atoms with Crippen molar-refractivity contribution in [1.82, 2.24) is 4.98 Å². The number of hydrogen-bond acceptors (Lipinski definition) is 5. The van der Waals surface area contributed by atoms with E-state index in [1.54, 1.807) is 42.5 Å². The van der Waals surface area contributed by atoms with Crippen molar-refractivity contribution in [3.05, 3.63) is 83.6 Å². The number of amides is 1. The summed E-state index contributed by atoms with van der Waals surface area (Å²) in [4.78, 5) is 17.0. The average molecular weight is 391 g/mol. The average Bonchev–Trinajstić information content (AvgIpc) is 2.68. The van der Waals surface area contributed by atoms with E-state index in [1.807, 2.05) is 0 Å². The Morgan fingerprint density at radius 1 is 1.11 bits per heavy atom. The molecule has 0 aliphatic rings. The molecule has 3 N–H and O–H groups in total. The minimum absolute atomic E-state index is 0.0965. The highest BCUT2D eigenvalue weighted by molar-refractivity contribution is 7.93. The Morgan fingerprint density at radius 2 is 1.86 bits per heavy atom. The third-order valence-electron chi connectivity index (χ3n) is 3.79. The molecule has 0 unspecified atom stereocenters. The van der Waals surface area contributed by atoms with E-state index in [2.05, 4.69) is 21.2 Å². The van der Waals surface area contributed by atoms with Gasteiger partial charge in [0.15, 0.2) is 0 Å². The first-order chi connectivity index (χ1) is 13.3. The molecule has 0 fully saturated rings. The van der Waals surface area contributed by atoms with Crippen LogP contribution in [0.25, 0.3) is 0 Å². The summed E-state index contributed by atoms with van der Waals surface area (Å²) in [5.74, 6) is 5.28. The topological polar surface area (TPSA) is 106 Å². The molecule has 0 saturated heterocycles. The number of aromatic nitrogens is 1. The highest BCUT2D eigenvalue weighted by atomic mass is 32.2. The monoisotopic (exact) mass is 391 g/mol. The normalized spacial score (nSPS) is 12.3. The Hall–Kier alpha value is -3.63. The highest BCUT2D eigenvalue weighted by Crippen LogP contribution is 2.16. The molecule has 0 aliphatic heterocycles. The fraction of sp³-hybridized carbons (Fsp3) is 0.0476. The van der Waals surface area contributed by atoms with E-state index in [1.165, 1.54) is 30.7 Å². The molecule has 6 nitrogen and oxygen atoms in total. The summed E-state index contributed by atoms with van der Waals surface area (Å²) in [5.41, 5.74) is 6.90. The molecule has 7 heteroatoms. The molecule has 28 heavy (non-hydrogen) atoms. The zero-order chi connectivity index (χ0) is 20.1. The van der Waals surface area contributed by atoms with Gasteiger partial charge in [-0.3, -0.25) is 4.79 Å². The lowest BCUT2D eigenvalue weighted by molar-refractivity contribution is 0.100. The van der Waals surface area contributed by atoms with Gasteiger partial charge in [-0.25, -0.2) is 9.19 Å². The Labute approximate surface area is 163 Å². The summed E-state index contributed by atoms with van der Waals surface area (Å²) in [5, 5.41) is 9.49. The van der Waals surface area contributed by atoms with Crippen molar-refractivity contribution in [2.45, 2.75) is 4.90 Å². The van der Waals surface area contributed by atoms with Crippen LogP contribution < -0.4 is 5.73 Å². The second kappa shape index (κ2) is 7.94. The number of pyridine rings is 1. The first kappa shape index (κ1) is 19.1. The summed E-state index contributed by atoms with van der Waals surface area (Å²) >= 11 is 0. The van der Waals surface area contributed by atoms with Crippen molar-refractivity contribution < 1.29 is 14.1 Å². The molecule has 1 atom stereocenters. The Balaban J connectivity index is 1.94. The summed E-state index contributed by atoms with van der Waals surface area (Å²) in [6, 6.07) is 16.5. The third kappa shape index (κ3) is 4.55. The number of benzene rings is 2. The van der Waals surface area contributed by atoms with E-state index in [0.717, 1.165) is 0 Å². The maximum absolute atomic E-state index is 12.8. The number of nitrogen functional groups attached to an aromatic ring is 1. The van der Waals surface area contributed by atoms with Crippen molar-refractivity contribution >= 4 is 21.5 Å². The van der Waals surface area contributed by atoms with Crippen LogP contribution in [0, 0.1) is 11.8 Å². The molecule has 140 valence electrons. The lowest BCUT2D eigenvalue weighted by Gasteiger charge is -2.04. The van der Waals surface area contributed by atoms with Crippen molar-refractivity contribution in [2.24, 2.45) is 4.36 Å². The van der Waals surface area contributed by atoms with Gasteiger partial charge in [-0.05, 0) is 36.4 Å². The number of hydrogen-bond donors (Lipinski definition) is 2. The fourth-order valence-corrected chi connectivity index (χ4v) is 3.54. The van der Waals surface area contributed by atoms with Crippen molar-refractivity contribution in [3.63, 3.8) is 0 Å². The standard InChI is InChI=1S/C21H17N3O3S/c1-28(27,19-8-3-2-4-9-19)24-21(26)17-13-16(20(22)23-14-17)11-10-15-6-5-7-18(25)12-15/h2-9,12-14,25H,1H3,(H2,22,23)/t28-/m0/s1. The SMILES string of the molecule is C[S@@](=O)(=NC(=O)c1cnc(N)c(C#Cc2cccc(O)c2)c1)c1ccccc1. The van der Waals surface area contributed by atoms with Crippen LogP contribution in [-0.2, 0) is 9.73 Å². The fourth-order valence-electron chi connectivity index (χ4n) is 2.35. The van der Waals surface area contributed by atoms with Crippen molar-refractivity contribution in [3.8, 4) is 17.6 Å². The largest absolute Gasteiger partial charge is 0.508 e. The van der Waals surface area contributed by atoms with Crippen molar-refractivity contribution in [1.29, 1.82) is 0 Å². The minimum atomic E-state index is -2.89. The highest BCUT2D eigenvalue weighted by Gasteiger charge is 2.13. The van der Waals surface area contributed by atoms with Crippen LogP contribution in [0.5, 0.6) is 5.75 Å². The molecule has 1 aromatic heterocycles. The number of nitrogens with zero attached hydrogens (tertiary/aromatic N) is 2. The maximum atomic E-state index is 12.8. The van der Waals surface area contributed by atoms with E-state index in [0.29, 0.717) is 16.0 Å². The predicted octanol–water partition coefficient (Wildman–Crippen LogP) is 3.07.